The van der Waals surface area contributed by atoms with Gasteiger partial charge in [0.15, 0.2) is 0 Å². The second kappa shape index (κ2) is 15.1. The molecule has 39 heavy (non-hydrogen) atoms. The summed E-state index contributed by atoms with van der Waals surface area (Å²) < 4.78 is 26.2. The fourth-order valence-corrected chi connectivity index (χ4v) is 3.83. The van der Waals surface area contributed by atoms with Crippen LogP contribution >= 0.6 is 0 Å². The zero-order valence-electron chi connectivity index (χ0n) is 24.0. The Morgan fingerprint density at radius 1 is 0.667 bits per heavy atom. The Morgan fingerprint density at radius 3 is 1.44 bits per heavy atom. The molecule has 0 amide bonds. The Morgan fingerprint density at radius 2 is 1.08 bits per heavy atom. The van der Waals surface area contributed by atoms with Gasteiger partial charge in [0.25, 0.3) is 0 Å². The van der Waals surface area contributed by atoms with Crippen molar-refractivity contribution in [3.05, 3.63) is 59.7 Å². The van der Waals surface area contributed by atoms with Gasteiger partial charge in [0, 0.05) is 11.8 Å². The van der Waals surface area contributed by atoms with Gasteiger partial charge in [-0.1, -0.05) is 57.9 Å². The van der Waals surface area contributed by atoms with E-state index in [-0.39, 0.29) is 12.4 Å². The van der Waals surface area contributed by atoms with Crippen LogP contribution in [0.2, 0.25) is 0 Å². The van der Waals surface area contributed by atoms with E-state index in [1.165, 1.54) is 0 Å². The van der Waals surface area contributed by atoms with Gasteiger partial charge in [-0.2, -0.15) is 0 Å². The quantitative estimate of drug-likeness (QED) is 0.110. The number of carbonyl (C=O) groups is 3. The molecule has 0 aliphatic heterocycles. The number of unbranched alkanes of at least 4 members (excludes halogenated alkanes) is 2. The molecule has 0 aromatic heterocycles. The van der Waals surface area contributed by atoms with Gasteiger partial charge in [-0.05, 0) is 75.4 Å². The lowest BCUT2D eigenvalue weighted by Gasteiger charge is -2.31. The van der Waals surface area contributed by atoms with Crippen LogP contribution in [-0.2, 0) is 24.4 Å². The molecule has 8 nitrogen and oxygen atoms in total. The monoisotopic (exact) mass is 542 g/mol. The van der Waals surface area contributed by atoms with E-state index in [0.29, 0.717) is 31.1 Å². The molecule has 0 N–H and O–H groups in total. The van der Waals surface area contributed by atoms with Gasteiger partial charge in [-0.15, -0.1) is 0 Å². The minimum Gasteiger partial charge on any atom is -0.460 e. The van der Waals surface area contributed by atoms with Gasteiger partial charge in [0.05, 0.1) is 13.2 Å². The van der Waals surface area contributed by atoms with Gasteiger partial charge < -0.3 is 23.7 Å². The average molecular weight is 543 g/mol. The molecule has 0 saturated heterocycles. The topological polar surface area (TPSA) is 97.4 Å². The highest BCUT2D eigenvalue weighted by Gasteiger charge is 2.31. The highest BCUT2D eigenvalue weighted by Crippen LogP contribution is 2.38. The molecule has 0 aliphatic rings. The van der Waals surface area contributed by atoms with Crippen LogP contribution in [-0.4, -0.2) is 37.1 Å². The van der Waals surface area contributed by atoms with Crippen LogP contribution in [0.3, 0.4) is 0 Å². The lowest BCUT2D eigenvalue weighted by Crippen LogP contribution is -2.28. The van der Waals surface area contributed by atoms with Crippen molar-refractivity contribution in [3.8, 4) is 11.5 Å². The minimum atomic E-state index is -0.743. The summed E-state index contributed by atoms with van der Waals surface area (Å²) in [5.41, 5.74) is 0.635. The summed E-state index contributed by atoms with van der Waals surface area (Å²) in [6.07, 6.45) is 2.54. The first-order valence-electron chi connectivity index (χ1n) is 13.6. The summed E-state index contributed by atoms with van der Waals surface area (Å²) in [5, 5.41) is 0. The summed E-state index contributed by atoms with van der Waals surface area (Å²) in [4.78, 5) is 36.4. The number of hydrogen-bond donors (Lipinski definition) is 0. The molecule has 0 spiro atoms. The molecule has 0 radical (unpaired) electrons. The number of benzene rings is 2. The molecule has 0 bridgehead atoms. The van der Waals surface area contributed by atoms with Gasteiger partial charge in [-0.25, -0.2) is 9.59 Å². The first kappa shape index (κ1) is 31.7. The smallest absolute Gasteiger partial charge is 0.460 e. The molecule has 0 aliphatic carbocycles. The standard InChI is InChI=1S/C31H42O8/c1-7-9-21-35-28(33)37-25-15-11-23(12-16-25)31(6,20-19-27(32)39-30(3,4)5)24-13-17-26(18-14-24)38-29(34)36-22-10-8-2/h11-18H,7-10,19-22H2,1-6H3. The third kappa shape index (κ3) is 11.0. The Bertz CT molecular complexity index is 984. The summed E-state index contributed by atoms with van der Waals surface area (Å²) >= 11 is 0. The van der Waals surface area contributed by atoms with Crippen molar-refractivity contribution >= 4 is 18.3 Å². The number of ether oxygens (including phenoxy) is 5. The average Bonchev–Trinajstić information content (AvgIpc) is 2.87. The SMILES string of the molecule is CCCCOC(=O)Oc1ccc(C(C)(CCC(=O)OC(C)(C)C)c2ccc(OC(=O)OCCCC)cc2)cc1. The molecule has 2 aromatic carbocycles. The number of carbonyl (C=O) groups excluding carboxylic acids is 3. The zero-order valence-corrected chi connectivity index (χ0v) is 24.0. The molecule has 2 rings (SSSR count). The Hall–Kier alpha value is -3.55. The zero-order chi connectivity index (χ0) is 28.9. The van der Waals surface area contributed by atoms with Gasteiger partial charge in [0.2, 0.25) is 0 Å². The summed E-state index contributed by atoms with van der Waals surface area (Å²) in [6.45, 7) is 12.2. The van der Waals surface area contributed by atoms with E-state index in [1.54, 1.807) is 24.3 Å². The van der Waals surface area contributed by atoms with Crippen molar-refractivity contribution in [2.24, 2.45) is 0 Å². The maximum atomic E-state index is 12.6. The van der Waals surface area contributed by atoms with Crippen LogP contribution in [0.4, 0.5) is 9.59 Å². The lowest BCUT2D eigenvalue weighted by atomic mass is 9.73. The van der Waals surface area contributed by atoms with Crippen molar-refractivity contribution in [3.63, 3.8) is 0 Å². The Labute approximate surface area is 231 Å². The molecule has 0 unspecified atom stereocenters. The molecule has 2 aromatic rings. The number of hydrogen-bond acceptors (Lipinski definition) is 8. The second-order valence-electron chi connectivity index (χ2n) is 10.6. The number of esters is 1. The maximum Gasteiger partial charge on any atom is 0.513 e. The van der Waals surface area contributed by atoms with Crippen molar-refractivity contribution in [2.75, 3.05) is 13.2 Å². The van der Waals surface area contributed by atoms with E-state index in [9.17, 15) is 14.4 Å². The van der Waals surface area contributed by atoms with Crippen LogP contribution in [0.15, 0.2) is 48.5 Å². The number of rotatable bonds is 13. The molecular formula is C31H42O8. The van der Waals surface area contributed by atoms with Crippen LogP contribution in [0.1, 0.15) is 91.2 Å². The maximum absolute atomic E-state index is 12.6. The van der Waals surface area contributed by atoms with Gasteiger partial charge in [-0.3, -0.25) is 4.79 Å². The summed E-state index contributed by atoms with van der Waals surface area (Å²) in [5.74, 6) is 0.429. The normalized spacial score (nSPS) is 11.4. The van der Waals surface area contributed by atoms with Crippen molar-refractivity contribution in [1.29, 1.82) is 0 Å². The molecule has 0 heterocycles. The van der Waals surface area contributed by atoms with Crippen LogP contribution < -0.4 is 9.47 Å². The van der Waals surface area contributed by atoms with Gasteiger partial charge in [0.1, 0.15) is 17.1 Å². The fraction of sp³-hybridized carbons (Fsp3) is 0.516. The third-order valence-electron chi connectivity index (χ3n) is 6.07. The predicted molar refractivity (Wildman–Crippen MR) is 148 cm³/mol. The highest BCUT2D eigenvalue weighted by molar-refractivity contribution is 5.70. The van der Waals surface area contributed by atoms with E-state index in [2.05, 4.69) is 0 Å². The predicted octanol–water partition coefficient (Wildman–Crippen LogP) is 7.75. The van der Waals surface area contributed by atoms with Gasteiger partial charge >= 0.3 is 18.3 Å². The van der Waals surface area contributed by atoms with Crippen molar-refractivity contribution in [2.45, 2.75) is 91.1 Å². The fourth-order valence-electron chi connectivity index (χ4n) is 3.83. The van der Waals surface area contributed by atoms with E-state index in [4.69, 9.17) is 23.7 Å². The molecule has 214 valence electrons. The molecule has 8 heteroatoms. The Kier molecular flexibility index (Phi) is 12.3. The lowest BCUT2D eigenvalue weighted by molar-refractivity contribution is -0.155. The van der Waals surface area contributed by atoms with E-state index in [0.717, 1.165) is 36.8 Å². The summed E-state index contributed by atoms with van der Waals surface area (Å²) in [6, 6.07) is 14.2. The van der Waals surface area contributed by atoms with Crippen molar-refractivity contribution < 1.29 is 38.1 Å². The summed E-state index contributed by atoms with van der Waals surface area (Å²) in [7, 11) is 0. The van der Waals surface area contributed by atoms with Crippen LogP contribution in [0.25, 0.3) is 0 Å². The Balaban J connectivity index is 2.23. The molecule has 0 saturated carbocycles. The minimum absolute atomic E-state index is 0.192. The second-order valence-corrected chi connectivity index (χ2v) is 10.6. The van der Waals surface area contributed by atoms with Crippen LogP contribution in [0.5, 0.6) is 11.5 Å². The first-order chi connectivity index (χ1) is 18.5. The van der Waals surface area contributed by atoms with Crippen LogP contribution in [0, 0.1) is 0 Å². The molecule has 0 atom stereocenters. The third-order valence-corrected chi connectivity index (χ3v) is 6.07. The van der Waals surface area contributed by atoms with E-state index in [1.807, 2.05) is 65.8 Å². The highest BCUT2D eigenvalue weighted by atomic mass is 16.7. The molecular weight excluding hydrogens is 500 g/mol. The van der Waals surface area contributed by atoms with E-state index < -0.39 is 23.3 Å². The molecule has 0 fully saturated rings. The largest absolute Gasteiger partial charge is 0.513 e. The van der Waals surface area contributed by atoms with E-state index >= 15 is 0 Å². The van der Waals surface area contributed by atoms with Crippen molar-refractivity contribution in [1.82, 2.24) is 0 Å². The first-order valence-corrected chi connectivity index (χ1v) is 13.6.